The van der Waals surface area contributed by atoms with E-state index in [0.717, 1.165) is 19.3 Å². The average molecular weight is 232 g/mol. The van der Waals surface area contributed by atoms with E-state index in [1.165, 1.54) is 12.1 Å². The van der Waals surface area contributed by atoms with Gasteiger partial charge in [-0.2, -0.15) is 5.26 Å². The molecule has 2 rings (SSSR count). The van der Waals surface area contributed by atoms with Crippen LogP contribution in [0, 0.1) is 27.4 Å². The summed E-state index contributed by atoms with van der Waals surface area (Å²) in [6, 6.07) is 8.20. The van der Waals surface area contributed by atoms with Gasteiger partial charge in [-0.1, -0.05) is 0 Å². The number of nitro benzene ring substituents is 1. The van der Waals surface area contributed by atoms with Gasteiger partial charge in [0.1, 0.15) is 11.9 Å². The number of benzene rings is 1. The van der Waals surface area contributed by atoms with Gasteiger partial charge >= 0.3 is 0 Å². The molecule has 0 spiro atoms. The van der Waals surface area contributed by atoms with Gasteiger partial charge in [-0.25, -0.2) is 0 Å². The fraction of sp³-hybridized carbons (Fsp3) is 0.417. The molecule has 0 bridgehead atoms. The first kappa shape index (κ1) is 11.4. The molecule has 0 aliphatic heterocycles. The van der Waals surface area contributed by atoms with Crippen LogP contribution < -0.4 is 4.74 Å². The van der Waals surface area contributed by atoms with E-state index in [4.69, 9.17) is 10.00 Å². The number of hydrogen-bond acceptors (Lipinski definition) is 4. The van der Waals surface area contributed by atoms with Crippen LogP contribution in [0.3, 0.4) is 0 Å². The molecule has 1 saturated carbocycles. The number of nitro groups is 1. The molecule has 2 unspecified atom stereocenters. The molecule has 1 aromatic rings. The third-order valence-corrected chi connectivity index (χ3v) is 2.95. The summed E-state index contributed by atoms with van der Waals surface area (Å²) in [6.07, 6.45) is 2.65. The van der Waals surface area contributed by atoms with E-state index in [-0.39, 0.29) is 17.7 Å². The van der Waals surface area contributed by atoms with Crippen LogP contribution in [0.4, 0.5) is 5.69 Å². The fourth-order valence-corrected chi connectivity index (χ4v) is 2.04. The van der Waals surface area contributed by atoms with Crippen molar-refractivity contribution in [2.45, 2.75) is 25.4 Å². The lowest BCUT2D eigenvalue weighted by molar-refractivity contribution is -0.384. The second-order valence-corrected chi connectivity index (χ2v) is 4.07. The Balaban J connectivity index is 2.04. The van der Waals surface area contributed by atoms with Crippen LogP contribution >= 0.6 is 0 Å². The zero-order valence-electron chi connectivity index (χ0n) is 9.20. The number of hydrogen-bond donors (Lipinski definition) is 0. The van der Waals surface area contributed by atoms with Crippen LogP contribution in [0.5, 0.6) is 5.75 Å². The van der Waals surface area contributed by atoms with E-state index in [1.54, 1.807) is 12.1 Å². The van der Waals surface area contributed by atoms with Crippen molar-refractivity contribution in [3.05, 3.63) is 34.4 Å². The molecule has 0 radical (unpaired) electrons. The van der Waals surface area contributed by atoms with Crippen LogP contribution in [-0.2, 0) is 0 Å². The summed E-state index contributed by atoms with van der Waals surface area (Å²) < 4.78 is 5.67. The molecule has 0 saturated heterocycles. The lowest BCUT2D eigenvalue weighted by Crippen LogP contribution is -2.19. The van der Waals surface area contributed by atoms with Gasteiger partial charge in [0.15, 0.2) is 0 Å². The van der Waals surface area contributed by atoms with Gasteiger partial charge in [0.2, 0.25) is 0 Å². The molecule has 5 nitrogen and oxygen atoms in total. The van der Waals surface area contributed by atoms with Gasteiger partial charge in [-0.15, -0.1) is 0 Å². The topological polar surface area (TPSA) is 76.2 Å². The first-order valence-corrected chi connectivity index (χ1v) is 5.51. The summed E-state index contributed by atoms with van der Waals surface area (Å²) in [5.41, 5.74) is 0.0422. The molecule has 17 heavy (non-hydrogen) atoms. The predicted octanol–water partition coefficient (Wildman–Crippen LogP) is 2.67. The zero-order valence-corrected chi connectivity index (χ0v) is 9.20. The summed E-state index contributed by atoms with van der Waals surface area (Å²) in [7, 11) is 0. The molecule has 2 atom stereocenters. The van der Waals surface area contributed by atoms with Gasteiger partial charge in [0, 0.05) is 12.1 Å². The molecule has 1 aliphatic carbocycles. The molecular weight excluding hydrogens is 220 g/mol. The maximum Gasteiger partial charge on any atom is 0.269 e. The number of rotatable bonds is 3. The normalized spacial score (nSPS) is 23.0. The highest BCUT2D eigenvalue weighted by molar-refractivity contribution is 5.36. The van der Waals surface area contributed by atoms with Crippen molar-refractivity contribution < 1.29 is 9.66 Å². The zero-order chi connectivity index (χ0) is 12.3. The van der Waals surface area contributed by atoms with Crippen LogP contribution in [0.2, 0.25) is 0 Å². The van der Waals surface area contributed by atoms with Crippen LogP contribution in [-0.4, -0.2) is 11.0 Å². The Bertz CT molecular complexity index is 450. The average Bonchev–Trinajstić information content (AvgIpc) is 2.77. The van der Waals surface area contributed by atoms with Crippen molar-refractivity contribution in [1.82, 2.24) is 0 Å². The van der Waals surface area contributed by atoms with E-state index in [9.17, 15) is 10.1 Å². The maximum atomic E-state index is 10.5. The Morgan fingerprint density at radius 1 is 1.35 bits per heavy atom. The minimum absolute atomic E-state index is 0.0422. The van der Waals surface area contributed by atoms with E-state index >= 15 is 0 Å². The monoisotopic (exact) mass is 232 g/mol. The summed E-state index contributed by atoms with van der Waals surface area (Å²) in [5, 5.41) is 19.4. The van der Waals surface area contributed by atoms with Crippen LogP contribution in [0.1, 0.15) is 19.3 Å². The molecule has 0 amide bonds. The van der Waals surface area contributed by atoms with Crippen molar-refractivity contribution in [3.8, 4) is 11.8 Å². The second kappa shape index (κ2) is 4.83. The maximum absolute atomic E-state index is 10.5. The lowest BCUT2D eigenvalue weighted by Gasteiger charge is -2.15. The Morgan fingerprint density at radius 2 is 2.06 bits per heavy atom. The van der Waals surface area contributed by atoms with Gasteiger partial charge in [-0.3, -0.25) is 10.1 Å². The highest BCUT2D eigenvalue weighted by atomic mass is 16.6. The Kier molecular flexibility index (Phi) is 3.24. The molecule has 5 heteroatoms. The summed E-state index contributed by atoms with van der Waals surface area (Å²) >= 11 is 0. The number of ether oxygens (including phenoxy) is 1. The second-order valence-electron chi connectivity index (χ2n) is 4.07. The van der Waals surface area contributed by atoms with E-state index in [0.29, 0.717) is 5.75 Å². The smallest absolute Gasteiger partial charge is 0.269 e. The Hall–Kier alpha value is -2.09. The summed E-state index contributed by atoms with van der Waals surface area (Å²) in [6.45, 7) is 0. The highest BCUT2D eigenvalue weighted by Gasteiger charge is 2.28. The van der Waals surface area contributed by atoms with Crippen LogP contribution in [0.25, 0.3) is 0 Å². The van der Waals surface area contributed by atoms with Crippen molar-refractivity contribution >= 4 is 5.69 Å². The molecule has 1 aromatic carbocycles. The third kappa shape index (κ3) is 2.53. The minimum atomic E-state index is -0.447. The molecule has 0 N–H and O–H groups in total. The molecule has 1 aliphatic rings. The van der Waals surface area contributed by atoms with Gasteiger partial charge in [-0.05, 0) is 31.4 Å². The lowest BCUT2D eigenvalue weighted by atomic mass is 10.1. The highest BCUT2D eigenvalue weighted by Crippen LogP contribution is 2.29. The first-order chi connectivity index (χ1) is 8.20. The molecule has 88 valence electrons. The standard InChI is InChI=1S/C12H12N2O3/c13-8-9-2-1-3-12(9)17-11-6-4-10(5-7-11)14(15)16/h4-7,9,12H,1-3H2. The van der Waals surface area contributed by atoms with Gasteiger partial charge in [0.25, 0.3) is 5.69 Å². The van der Waals surface area contributed by atoms with Gasteiger partial charge < -0.3 is 4.74 Å². The Labute approximate surface area is 98.8 Å². The summed E-state index contributed by atoms with van der Waals surface area (Å²) in [4.78, 5) is 10.0. The first-order valence-electron chi connectivity index (χ1n) is 5.51. The van der Waals surface area contributed by atoms with E-state index in [1.807, 2.05) is 0 Å². The molecule has 0 aromatic heterocycles. The van der Waals surface area contributed by atoms with E-state index in [2.05, 4.69) is 6.07 Å². The van der Waals surface area contributed by atoms with Crippen molar-refractivity contribution in [1.29, 1.82) is 5.26 Å². The fourth-order valence-electron chi connectivity index (χ4n) is 2.04. The van der Waals surface area contributed by atoms with Crippen molar-refractivity contribution in [2.24, 2.45) is 5.92 Å². The summed E-state index contributed by atoms with van der Waals surface area (Å²) in [5.74, 6) is 0.521. The quantitative estimate of drug-likeness (QED) is 0.593. The molecular formula is C12H12N2O3. The van der Waals surface area contributed by atoms with Crippen LogP contribution in [0.15, 0.2) is 24.3 Å². The number of nitrogens with zero attached hydrogens (tertiary/aromatic N) is 2. The Morgan fingerprint density at radius 3 is 2.65 bits per heavy atom. The van der Waals surface area contributed by atoms with Crippen molar-refractivity contribution in [2.75, 3.05) is 0 Å². The largest absolute Gasteiger partial charge is 0.489 e. The SMILES string of the molecule is N#CC1CCCC1Oc1ccc([N+](=O)[O-])cc1. The third-order valence-electron chi connectivity index (χ3n) is 2.95. The number of nitriles is 1. The molecule has 1 fully saturated rings. The number of non-ortho nitro benzene ring substituents is 1. The predicted molar refractivity (Wildman–Crippen MR) is 60.5 cm³/mol. The minimum Gasteiger partial charge on any atom is -0.489 e. The van der Waals surface area contributed by atoms with Crippen molar-refractivity contribution in [3.63, 3.8) is 0 Å². The van der Waals surface area contributed by atoms with E-state index < -0.39 is 4.92 Å². The van der Waals surface area contributed by atoms with Gasteiger partial charge in [0.05, 0.1) is 16.9 Å². The molecule has 0 heterocycles.